The Hall–Kier alpha value is -3.09. The van der Waals surface area contributed by atoms with Crippen LogP contribution < -0.4 is 10.6 Å². The molecule has 0 saturated carbocycles. The van der Waals surface area contributed by atoms with Gasteiger partial charge in [0.25, 0.3) is 5.91 Å². The van der Waals surface area contributed by atoms with Gasteiger partial charge in [-0.3, -0.25) is 9.59 Å². The summed E-state index contributed by atoms with van der Waals surface area (Å²) in [5.41, 5.74) is 2.49. The second-order valence-electron chi connectivity index (χ2n) is 5.87. The van der Waals surface area contributed by atoms with E-state index in [1.807, 2.05) is 35.9 Å². The van der Waals surface area contributed by atoms with E-state index in [2.05, 4.69) is 15.6 Å². The van der Waals surface area contributed by atoms with Crippen molar-refractivity contribution in [2.24, 2.45) is 7.05 Å². The van der Waals surface area contributed by atoms with E-state index in [4.69, 9.17) is 0 Å². The van der Waals surface area contributed by atoms with Crippen LogP contribution in [-0.2, 0) is 24.9 Å². The second-order valence-corrected chi connectivity index (χ2v) is 5.87. The maximum atomic E-state index is 12.4. The van der Waals surface area contributed by atoms with Gasteiger partial charge < -0.3 is 19.8 Å². The van der Waals surface area contributed by atoms with Crippen molar-refractivity contribution in [3.8, 4) is 0 Å². The number of para-hydroxylation sites is 2. The molecule has 4 rings (SSSR count). The lowest BCUT2D eigenvalue weighted by Crippen LogP contribution is -2.52. The summed E-state index contributed by atoms with van der Waals surface area (Å²) in [7, 11) is 1.92. The average Bonchev–Trinajstić information content (AvgIpc) is 3.18. The number of aryl methyl sites for hydroxylation is 1. The average molecular weight is 323 g/mol. The lowest BCUT2D eigenvalue weighted by molar-refractivity contribution is -0.123. The van der Waals surface area contributed by atoms with Crippen LogP contribution in [0.15, 0.2) is 42.6 Å². The number of hydrogen-bond donors (Lipinski definition) is 2. The fourth-order valence-corrected chi connectivity index (χ4v) is 3.05. The SMILES string of the molecule is Cn1c(CNC(=O)C2Cn3cccc3C(=O)N2)nc2ccccc21. The molecule has 1 atom stereocenters. The van der Waals surface area contributed by atoms with Gasteiger partial charge in [-0.2, -0.15) is 0 Å². The van der Waals surface area contributed by atoms with E-state index >= 15 is 0 Å². The molecule has 0 spiro atoms. The van der Waals surface area contributed by atoms with Crippen molar-refractivity contribution >= 4 is 22.8 Å². The zero-order chi connectivity index (χ0) is 16.7. The first-order valence-electron chi connectivity index (χ1n) is 7.77. The Kier molecular flexibility index (Phi) is 3.34. The first-order chi connectivity index (χ1) is 11.6. The fraction of sp³-hybridized carbons (Fsp3) is 0.235. The standard InChI is InChI=1S/C17H17N5O2/c1-21-13-6-3-2-5-11(13)19-15(21)9-18-16(23)12-10-22-8-4-7-14(22)17(24)20-12/h2-8,12H,9-10H2,1H3,(H,18,23)(H,20,24). The van der Waals surface area contributed by atoms with Crippen molar-refractivity contribution in [3.05, 3.63) is 54.1 Å². The molecule has 122 valence electrons. The monoisotopic (exact) mass is 323 g/mol. The highest BCUT2D eigenvalue weighted by Gasteiger charge is 2.28. The molecule has 2 N–H and O–H groups in total. The summed E-state index contributed by atoms with van der Waals surface area (Å²) in [4.78, 5) is 28.9. The zero-order valence-electron chi connectivity index (χ0n) is 13.2. The molecule has 0 fully saturated rings. The summed E-state index contributed by atoms with van der Waals surface area (Å²) < 4.78 is 3.75. The van der Waals surface area contributed by atoms with Crippen LogP contribution >= 0.6 is 0 Å². The molecule has 1 aliphatic heterocycles. The van der Waals surface area contributed by atoms with Crippen molar-refractivity contribution in [2.45, 2.75) is 19.1 Å². The second kappa shape index (κ2) is 5.52. The number of imidazole rings is 1. The van der Waals surface area contributed by atoms with Crippen LogP contribution in [0.4, 0.5) is 0 Å². The lowest BCUT2D eigenvalue weighted by atomic mass is 10.2. The van der Waals surface area contributed by atoms with Crippen molar-refractivity contribution < 1.29 is 9.59 Å². The third kappa shape index (κ3) is 2.34. The minimum absolute atomic E-state index is 0.213. The van der Waals surface area contributed by atoms with Crippen LogP contribution in [0.1, 0.15) is 16.3 Å². The number of nitrogens with zero attached hydrogens (tertiary/aromatic N) is 3. The Morgan fingerprint density at radius 1 is 1.33 bits per heavy atom. The third-order valence-corrected chi connectivity index (χ3v) is 4.36. The molecule has 0 saturated heterocycles. The van der Waals surface area contributed by atoms with E-state index in [1.54, 1.807) is 22.9 Å². The van der Waals surface area contributed by atoms with Crippen molar-refractivity contribution in [1.82, 2.24) is 24.8 Å². The summed E-state index contributed by atoms with van der Waals surface area (Å²) >= 11 is 0. The van der Waals surface area contributed by atoms with Gasteiger partial charge in [-0.15, -0.1) is 0 Å². The number of aromatic nitrogens is 3. The van der Waals surface area contributed by atoms with Gasteiger partial charge in [0.15, 0.2) is 0 Å². The molecular weight excluding hydrogens is 306 g/mol. The minimum atomic E-state index is -0.577. The van der Waals surface area contributed by atoms with Gasteiger partial charge in [-0.25, -0.2) is 4.98 Å². The number of carbonyl (C=O) groups excluding carboxylic acids is 2. The normalized spacial score (nSPS) is 16.7. The van der Waals surface area contributed by atoms with Crippen LogP contribution in [-0.4, -0.2) is 32.0 Å². The summed E-state index contributed by atoms with van der Waals surface area (Å²) in [5, 5.41) is 5.60. The van der Waals surface area contributed by atoms with Gasteiger partial charge in [-0.1, -0.05) is 12.1 Å². The molecule has 7 heteroatoms. The first kappa shape index (κ1) is 14.5. The number of amides is 2. The summed E-state index contributed by atoms with van der Waals surface area (Å²) in [6.07, 6.45) is 1.81. The Morgan fingerprint density at radius 2 is 2.17 bits per heavy atom. The predicted octanol–water partition coefficient (Wildman–Crippen LogP) is 0.803. The third-order valence-electron chi connectivity index (χ3n) is 4.36. The molecule has 0 radical (unpaired) electrons. The quantitative estimate of drug-likeness (QED) is 0.748. The van der Waals surface area contributed by atoms with Gasteiger partial charge in [0.05, 0.1) is 24.1 Å². The van der Waals surface area contributed by atoms with Crippen molar-refractivity contribution in [2.75, 3.05) is 0 Å². The Bertz CT molecular complexity index is 940. The largest absolute Gasteiger partial charge is 0.347 e. The maximum absolute atomic E-state index is 12.4. The molecule has 0 bridgehead atoms. The number of nitrogens with one attached hydrogen (secondary N) is 2. The van der Waals surface area contributed by atoms with E-state index < -0.39 is 6.04 Å². The molecule has 7 nitrogen and oxygen atoms in total. The van der Waals surface area contributed by atoms with Gasteiger partial charge in [0, 0.05) is 13.2 Å². The first-order valence-corrected chi connectivity index (χ1v) is 7.77. The molecule has 24 heavy (non-hydrogen) atoms. The molecule has 1 aliphatic rings. The molecular formula is C17H17N5O2. The molecule has 0 aliphatic carbocycles. The predicted molar refractivity (Wildman–Crippen MR) is 88.2 cm³/mol. The Balaban J connectivity index is 1.47. The highest BCUT2D eigenvalue weighted by atomic mass is 16.2. The smallest absolute Gasteiger partial charge is 0.268 e. The van der Waals surface area contributed by atoms with Gasteiger partial charge in [0.1, 0.15) is 17.6 Å². The summed E-state index contributed by atoms with van der Waals surface area (Å²) in [6, 6.07) is 10.8. The van der Waals surface area contributed by atoms with Crippen molar-refractivity contribution in [3.63, 3.8) is 0 Å². The number of hydrogen-bond acceptors (Lipinski definition) is 3. The van der Waals surface area contributed by atoms with E-state index in [0.717, 1.165) is 16.9 Å². The molecule has 2 aromatic heterocycles. The molecule has 3 heterocycles. The number of carbonyl (C=O) groups is 2. The Labute approximate surface area is 138 Å². The highest BCUT2D eigenvalue weighted by molar-refractivity contribution is 5.97. The zero-order valence-corrected chi connectivity index (χ0v) is 13.2. The van der Waals surface area contributed by atoms with Crippen LogP contribution in [0.25, 0.3) is 11.0 Å². The number of benzene rings is 1. The van der Waals surface area contributed by atoms with E-state index in [1.165, 1.54) is 0 Å². The molecule has 1 unspecified atom stereocenters. The lowest BCUT2D eigenvalue weighted by Gasteiger charge is -2.24. The van der Waals surface area contributed by atoms with Crippen LogP contribution in [0, 0.1) is 0 Å². The summed E-state index contributed by atoms with van der Waals surface area (Å²) in [6.45, 7) is 0.747. The fourth-order valence-electron chi connectivity index (χ4n) is 3.05. The van der Waals surface area contributed by atoms with E-state index in [-0.39, 0.29) is 11.8 Å². The Morgan fingerprint density at radius 3 is 3.00 bits per heavy atom. The van der Waals surface area contributed by atoms with Crippen LogP contribution in [0.3, 0.4) is 0 Å². The van der Waals surface area contributed by atoms with Gasteiger partial charge in [0.2, 0.25) is 5.91 Å². The topological polar surface area (TPSA) is 81.0 Å². The number of rotatable bonds is 3. The number of fused-ring (bicyclic) bond motifs is 2. The minimum Gasteiger partial charge on any atom is -0.347 e. The van der Waals surface area contributed by atoms with Gasteiger partial charge in [-0.05, 0) is 24.3 Å². The summed E-state index contributed by atoms with van der Waals surface area (Å²) in [5.74, 6) is 0.331. The van der Waals surface area contributed by atoms with E-state index in [9.17, 15) is 9.59 Å². The van der Waals surface area contributed by atoms with Gasteiger partial charge >= 0.3 is 0 Å². The van der Waals surface area contributed by atoms with Crippen LogP contribution in [0.2, 0.25) is 0 Å². The highest BCUT2D eigenvalue weighted by Crippen LogP contribution is 2.14. The molecule has 1 aromatic carbocycles. The maximum Gasteiger partial charge on any atom is 0.268 e. The van der Waals surface area contributed by atoms with Crippen molar-refractivity contribution in [1.29, 1.82) is 0 Å². The molecule has 3 aromatic rings. The molecule has 2 amide bonds. The van der Waals surface area contributed by atoms with Crippen LogP contribution in [0.5, 0.6) is 0 Å². The van der Waals surface area contributed by atoms with E-state index in [0.29, 0.717) is 18.8 Å².